The highest BCUT2D eigenvalue weighted by Crippen LogP contribution is 2.07. The van der Waals surface area contributed by atoms with Gasteiger partial charge in [-0.05, 0) is 12.1 Å². The second kappa shape index (κ2) is 4.34. The number of hydrogen-bond donors (Lipinski definition) is 3. The van der Waals surface area contributed by atoms with Crippen LogP contribution in [0.1, 0.15) is 11.7 Å². The highest BCUT2D eigenvalue weighted by Gasteiger charge is 2.10. The number of aromatic nitrogens is 2. The van der Waals surface area contributed by atoms with Gasteiger partial charge in [-0.3, -0.25) is 9.89 Å². The maximum atomic E-state index is 11.7. The third-order valence-corrected chi connectivity index (χ3v) is 2.35. The lowest BCUT2D eigenvalue weighted by Crippen LogP contribution is -2.15. The second-order valence-electron chi connectivity index (χ2n) is 3.51. The van der Waals surface area contributed by atoms with Crippen LogP contribution < -0.4 is 11.3 Å². The van der Waals surface area contributed by atoms with E-state index >= 15 is 0 Å². The maximum Gasteiger partial charge on any atom is 0.271 e. The van der Waals surface area contributed by atoms with Crippen molar-refractivity contribution < 1.29 is 5.11 Å². The summed E-state index contributed by atoms with van der Waals surface area (Å²) in [5, 5.41) is 11.8. The lowest BCUT2D eigenvalue weighted by atomic mass is 10.2. The molecule has 1 aromatic heterocycles. The molecule has 0 saturated carbocycles. The summed E-state index contributed by atoms with van der Waals surface area (Å²) in [7, 11) is 0. The molecule has 1 heterocycles. The van der Waals surface area contributed by atoms with Gasteiger partial charge in [0.1, 0.15) is 0 Å². The molecule has 2 rings (SSSR count). The van der Waals surface area contributed by atoms with Gasteiger partial charge in [-0.2, -0.15) is 0 Å². The molecule has 0 radical (unpaired) electrons. The highest BCUT2D eigenvalue weighted by molar-refractivity contribution is 5.30. The molecule has 2 aromatic rings. The summed E-state index contributed by atoms with van der Waals surface area (Å²) in [4.78, 5) is 11.7. The molecular formula is C11H13N3O2. The summed E-state index contributed by atoms with van der Waals surface area (Å²) in [5.74, 6) is 0. The number of hydrogen-bond acceptors (Lipinski definition) is 3. The molecule has 0 bridgehead atoms. The Kier molecular flexibility index (Phi) is 2.89. The number of para-hydroxylation sites is 1. The van der Waals surface area contributed by atoms with Gasteiger partial charge >= 0.3 is 0 Å². The number of H-pyrrole nitrogens is 1. The Morgan fingerprint density at radius 1 is 1.38 bits per heavy atom. The predicted octanol–water partition coefficient (Wildman–Crippen LogP) is 0.158. The van der Waals surface area contributed by atoms with Crippen molar-refractivity contribution in [2.75, 3.05) is 6.61 Å². The first-order chi connectivity index (χ1) is 7.72. The van der Waals surface area contributed by atoms with Crippen molar-refractivity contribution in [3.63, 3.8) is 0 Å². The third-order valence-electron chi connectivity index (χ3n) is 2.35. The van der Waals surface area contributed by atoms with E-state index in [-0.39, 0.29) is 12.2 Å². The monoisotopic (exact) mass is 219 g/mol. The van der Waals surface area contributed by atoms with Gasteiger partial charge in [0.05, 0.1) is 24.0 Å². The standard InChI is InChI=1S/C11H13N3O2/c12-9(7-15)10-6-11(16)14(13-10)8-4-2-1-3-5-8/h1-6,9,13,15H,7,12H2. The van der Waals surface area contributed by atoms with E-state index in [1.54, 1.807) is 0 Å². The molecule has 4 N–H and O–H groups in total. The maximum absolute atomic E-state index is 11.7. The van der Waals surface area contributed by atoms with Crippen LogP contribution in [0, 0.1) is 0 Å². The lowest BCUT2D eigenvalue weighted by molar-refractivity contribution is 0.265. The van der Waals surface area contributed by atoms with Crippen LogP contribution in [0.4, 0.5) is 0 Å². The van der Waals surface area contributed by atoms with Crippen molar-refractivity contribution >= 4 is 0 Å². The topological polar surface area (TPSA) is 84.0 Å². The Balaban J connectivity index is 2.44. The summed E-state index contributed by atoms with van der Waals surface area (Å²) >= 11 is 0. The van der Waals surface area contributed by atoms with Crippen molar-refractivity contribution in [2.45, 2.75) is 6.04 Å². The number of nitrogens with two attached hydrogens (primary N) is 1. The first-order valence-electron chi connectivity index (χ1n) is 4.96. The Hall–Kier alpha value is -1.85. The molecule has 0 fully saturated rings. The first kappa shape index (κ1) is 10.7. The summed E-state index contributed by atoms with van der Waals surface area (Å²) in [6.45, 7) is -0.200. The van der Waals surface area contributed by atoms with E-state index in [4.69, 9.17) is 10.8 Å². The van der Waals surface area contributed by atoms with Crippen LogP contribution >= 0.6 is 0 Å². The van der Waals surface area contributed by atoms with E-state index < -0.39 is 6.04 Å². The Morgan fingerprint density at radius 2 is 2.06 bits per heavy atom. The van der Waals surface area contributed by atoms with Crippen molar-refractivity contribution in [2.24, 2.45) is 5.73 Å². The normalized spacial score (nSPS) is 12.6. The fraction of sp³-hybridized carbons (Fsp3) is 0.182. The summed E-state index contributed by atoms with van der Waals surface area (Å²) in [6, 6.07) is 10.0. The number of benzene rings is 1. The number of nitrogens with one attached hydrogen (secondary N) is 1. The molecule has 0 aliphatic carbocycles. The predicted molar refractivity (Wildman–Crippen MR) is 60.4 cm³/mol. The molecule has 0 aliphatic heterocycles. The molecule has 0 spiro atoms. The van der Waals surface area contributed by atoms with Gasteiger partial charge in [-0.1, -0.05) is 18.2 Å². The Labute approximate surface area is 92.1 Å². The average Bonchev–Trinajstić information content (AvgIpc) is 2.71. The second-order valence-corrected chi connectivity index (χ2v) is 3.51. The minimum Gasteiger partial charge on any atom is -0.394 e. The van der Waals surface area contributed by atoms with Crippen molar-refractivity contribution in [1.29, 1.82) is 0 Å². The molecule has 1 atom stereocenters. The molecule has 5 heteroatoms. The van der Waals surface area contributed by atoms with Gasteiger partial charge in [-0.15, -0.1) is 0 Å². The summed E-state index contributed by atoms with van der Waals surface area (Å²) in [6.07, 6.45) is 0. The van der Waals surface area contributed by atoms with Crippen LogP contribution in [0.5, 0.6) is 0 Å². The van der Waals surface area contributed by atoms with Crippen LogP contribution in [-0.4, -0.2) is 21.5 Å². The molecule has 1 aromatic carbocycles. The van der Waals surface area contributed by atoms with Crippen molar-refractivity contribution in [3.05, 3.63) is 52.4 Å². The molecular weight excluding hydrogens is 206 g/mol. The van der Waals surface area contributed by atoms with Crippen LogP contribution in [0.3, 0.4) is 0 Å². The van der Waals surface area contributed by atoms with Crippen LogP contribution in [0.15, 0.2) is 41.2 Å². The largest absolute Gasteiger partial charge is 0.394 e. The van der Waals surface area contributed by atoms with Gasteiger partial charge in [0, 0.05) is 6.07 Å². The van der Waals surface area contributed by atoms with Crippen LogP contribution in [0.25, 0.3) is 5.69 Å². The van der Waals surface area contributed by atoms with Gasteiger partial charge in [0.2, 0.25) is 0 Å². The van der Waals surface area contributed by atoms with Gasteiger partial charge < -0.3 is 10.8 Å². The van der Waals surface area contributed by atoms with E-state index in [0.717, 1.165) is 5.69 Å². The zero-order valence-electron chi connectivity index (χ0n) is 8.63. The van der Waals surface area contributed by atoms with E-state index in [1.807, 2.05) is 30.3 Å². The Morgan fingerprint density at radius 3 is 2.69 bits per heavy atom. The smallest absolute Gasteiger partial charge is 0.271 e. The SMILES string of the molecule is NC(CO)c1cc(=O)n(-c2ccccc2)[nH]1. The zero-order valence-corrected chi connectivity index (χ0v) is 8.63. The van der Waals surface area contributed by atoms with Gasteiger partial charge in [0.15, 0.2) is 0 Å². The van der Waals surface area contributed by atoms with Crippen molar-refractivity contribution in [3.8, 4) is 5.69 Å². The minimum atomic E-state index is -0.558. The van der Waals surface area contributed by atoms with Crippen LogP contribution in [-0.2, 0) is 0 Å². The number of nitrogens with zero attached hydrogens (tertiary/aromatic N) is 1. The quantitative estimate of drug-likeness (QED) is 0.687. The third kappa shape index (κ3) is 1.91. The molecule has 1 unspecified atom stereocenters. The first-order valence-corrected chi connectivity index (χ1v) is 4.96. The average molecular weight is 219 g/mol. The minimum absolute atomic E-state index is 0.190. The fourth-order valence-electron chi connectivity index (χ4n) is 1.47. The Bertz CT molecular complexity index is 516. The molecule has 0 aliphatic rings. The number of rotatable bonds is 3. The zero-order chi connectivity index (χ0) is 11.5. The number of aliphatic hydroxyl groups is 1. The van der Waals surface area contributed by atoms with Crippen LogP contribution in [0.2, 0.25) is 0 Å². The molecule has 84 valence electrons. The fourth-order valence-corrected chi connectivity index (χ4v) is 1.47. The summed E-state index contributed by atoms with van der Waals surface area (Å²) in [5.41, 5.74) is 6.70. The van der Waals surface area contributed by atoms with E-state index in [9.17, 15) is 4.79 Å². The molecule has 0 amide bonds. The number of aromatic amines is 1. The van der Waals surface area contributed by atoms with Crippen molar-refractivity contribution in [1.82, 2.24) is 9.78 Å². The van der Waals surface area contributed by atoms with Gasteiger partial charge in [0.25, 0.3) is 5.56 Å². The van der Waals surface area contributed by atoms with E-state index in [2.05, 4.69) is 5.10 Å². The summed E-state index contributed by atoms with van der Waals surface area (Å²) < 4.78 is 1.39. The van der Waals surface area contributed by atoms with E-state index in [0.29, 0.717) is 5.69 Å². The molecule has 16 heavy (non-hydrogen) atoms. The van der Waals surface area contributed by atoms with E-state index in [1.165, 1.54) is 10.7 Å². The number of aliphatic hydroxyl groups excluding tert-OH is 1. The van der Waals surface area contributed by atoms with Gasteiger partial charge in [-0.25, -0.2) is 4.68 Å². The highest BCUT2D eigenvalue weighted by atomic mass is 16.3. The molecule has 0 saturated heterocycles. The lowest BCUT2D eigenvalue weighted by Gasteiger charge is -2.05. The molecule has 5 nitrogen and oxygen atoms in total.